The quantitative estimate of drug-likeness (QED) is 0.838. The molecule has 4 heteroatoms. The van der Waals surface area contributed by atoms with Crippen LogP contribution in [0.3, 0.4) is 0 Å². The van der Waals surface area contributed by atoms with Gasteiger partial charge >= 0.3 is 5.97 Å². The number of hydrogen-bond donors (Lipinski definition) is 1. The van der Waals surface area contributed by atoms with Crippen LogP contribution in [0.4, 0.5) is 0 Å². The molecule has 132 valence electrons. The summed E-state index contributed by atoms with van der Waals surface area (Å²) < 4.78 is 5.44. The van der Waals surface area contributed by atoms with Crippen LogP contribution in [0.1, 0.15) is 69.4 Å². The Kier molecular flexibility index (Phi) is 4.97. The third-order valence-electron chi connectivity index (χ3n) is 4.22. The van der Waals surface area contributed by atoms with Gasteiger partial charge in [0.1, 0.15) is 5.75 Å². The number of hydrogen-bond acceptors (Lipinski definition) is 4. The van der Waals surface area contributed by atoms with Gasteiger partial charge in [-0.3, -0.25) is 0 Å². The highest BCUT2D eigenvalue weighted by Gasteiger charge is 2.28. The normalized spacial score (nSPS) is 15.0. The molecular weight excluding hydrogens is 302 g/mol. The average Bonchev–Trinajstić information content (AvgIpc) is 2.95. The van der Waals surface area contributed by atoms with Crippen LogP contribution in [-0.2, 0) is 15.6 Å². The first kappa shape index (κ1) is 18.4. The Balaban J connectivity index is 2.34. The molecule has 0 aliphatic carbocycles. The topological polar surface area (TPSA) is 49.8 Å². The van der Waals surface area contributed by atoms with Crippen molar-refractivity contribution in [2.24, 2.45) is 0 Å². The van der Waals surface area contributed by atoms with Crippen molar-refractivity contribution in [3.05, 3.63) is 41.1 Å². The Labute approximate surface area is 145 Å². The maximum absolute atomic E-state index is 12.5. The largest absolute Gasteiger partial charge is 0.507 e. The Bertz CT molecular complexity index is 613. The molecule has 0 saturated heterocycles. The van der Waals surface area contributed by atoms with Gasteiger partial charge in [0, 0.05) is 17.7 Å². The van der Waals surface area contributed by atoms with E-state index < -0.39 is 0 Å². The van der Waals surface area contributed by atoms with E-state index in [0.717, 1.165) is 24.1 Å². The summed E-state index contributed by atoms with van der Waals surface area (Å²) in [6.45, 7) is 13.3. The van der Waals surface area contributed by atoms with Gasteiger partial charge in [0.15, 0.2) is 6.73 Å². The molecule has 0 unspecified atom stereocenters. The number of carbonyl (C=O) groups is 1. The van der Waals surface area contributed by atoms with Gasteiger partial charge in [-0.05, 0) is 35.6 Å². The van der Waals surface area contributed by atoms with Crippen LogP contribution in [0.15, 0.2) is 24.4 Å². The summed E-state index contributed by atoms with van der Waals surface area (Å²) in [7, 11) is 0. The molecule has 0 atom stereocenters. The first-order valence-corrected chi connectivity index (χ1v) is 8.46. The first-order chi connectivity index (χ1) is 11.0. The molecule has 0 radical (unpaired) electrons. The number of esters is 1. The van der Waals surface area contributed by atoms with E-state index in [1.807, 2.05) is 52.6 Å². The molecule has 0 bridgehead atoms. The Morgan fingerprint density at radius 1 is 1.12 bits per heavy atom. The van der Waals surface area contributed by atoms with E-state index in [1.165, 1.54) is 0 Å². The number of ether oxygens (including phenoxy) is 1. The molecule has 0 fully saturated rings. The smallest absolute Gasteiger partial charge is 0.339 e. The minimum absolute atomic E-state index is 0.256. The van der Waals surface area contributed by atoms with Gasteiger partial charge in [0.2, 0.25) is 0 Å². The highest BCUT2D eigenvalue weighted by atomic mass is 16.5. The predicted octanol–water partition coefficient (Wildman–Crippen LogP) is 4.32. The van der Waals surface area contributed by atoms with Crippen LogP contribution >= 0.6 is 0 Å². The lowest BCUT2D eigenvalue weighted by molar-refractivity contribution is 0.0328. The Hall–Kier alpha value is -1.97. The first-order valence-electron chi connectivity index (χ1n) is 8.46. The zero-order valence-electron chi connectivity index (χ0n) is 15.6. The van der Waals surface area contributed by atoms with Crippen molar-refractivity contribution < 1.29 is 14.6 Å². The van der Waals surface area contributed by atoms with E-state index in [4.69, 9.17) is 4.74 Å². The lowest BCUT2D eigenvalue weighted by Gasteiger charge is -2.28. The maximum Gasteiger partial charge on any atom is 0.339 e. The van der Waals surface area contributed by atoms with Gasteiger partial charge in [-0.15, -0.1) is 0 Å². The number of benzene rings is 1. The molecule has 1 heterocycles. The van der Waals surface area contributed by atoms with E-state index >= 15 is 0 Å². The van der Waals surface area contributed by atoms with E-state index in [0.29, 0.717) is 5.56 Å². The van der Waals surface area contributed by atoms with Crippen LogP contribution in [-0.4, -0.2) is 29.3 Å². The van der Waals surface area contributed by atoms with Crippen molar-refractivity contribution in [1.82, 2.24) is 4.90 Å². The summed E-state index contributed by atoms with van der Waals surface area (Å²) in [5, 5.41) is 10.7. The van der Waals surface area contributed by atoms with Gasteiger partial charge in [-0.2, -0.15) is 0 Å². The van der Waals surface area contributed by atoms with E-state index in [-0.39, 0.29) is 29.3 Å². The molecule has 1 aromatic rings. The molecule has 4 nitrogen and oxygen atoms in total. The molecule has 2 rings (SSSR count). The van der Waals surface area contributed by atoms with E-state index in [9.17, 15) is 9.90 Å². The highest BCUT2D eigenvalue weighted by Crippen LogP contribution is 2.39. The molecule has 24 heavy (non-hydrogen) atoms. The fourth-order valence-corrected chi connectivity index (χ4v) is 2.77. The third-order valence-corrected chi connectivity index (χ3v) is 4.22. The molecular formula is C20H29NO3. The van der Waals surface area contributed by atoms with Crippen molar-refractivity contribution in [2.45, 2.75) is 58.8 Å². The Morgan fingerprint density at radius 3 is 2.08 bits per heavy atom. The predicted molar refractivity (Wildman–Crippen MR) is 96.3 cm³/mol. The number of carbonyl (C=O) groups excluding carboxylic acids is 1. The van der Waals surface area contributed by atoms with Gasteiger partial charge in [0.05, 0.1) is 5.56 Å². The second-order valence-corrected chi connectivity index (χ2v) is 8.47. The average molecular weight is 331 g/mol. The van der Waals surface area contributed by atoms with Crippen molar-refractivity contribution in [2.75, 3.05) is 13.3 Å². The molecule has 1 aliphatic heterocycles. The van der Waals surface area contributed by atoms with Crippen molar-refractivity contribution in [3.63, 3.8) is 0 Å². The highest BCUT2D eigenvalue weighted by molar-refractivity contribution is 5.90. The zero-order valence-corrected chi connectivity index (χ0v) is 15.6. The third kappa shape index (κ3) is 4.11. The number of aromatic hydroxyl groups is 1. The monoisotopic (exact) mass is 331 g/mol. The zero-order chi connectivity index (χ0) is 18.1. The second-order valence-electron chi connectivity index (χ2n) is 8.47. The molecule has 0 aromatic heterocycles. The lowest BCUT2D eigenvalue weighted by atomic mass is 9.78. The van der Waals surface area contributed by atoms with E-state index in [2.05, 4.69) is 6.08 Å². The summed E-state index contributed by atoms with van der Waals surface area (Å²) in [4.78, 5) is 14.5. The minimum Gasteiger partial charge on any atom is -0.507 e. The van der Waals surface area contributed by atoms with Crippen molar-refractivity contribution >= 4 is 5.97 Å². The summed E-state index contributed by atoms with van der Waals surface area (Å²) in [5.74, 6) is -0.0830. The second kappa shape index (κ2) is 6.50. The lowest BCUT2D eigenvalue weighted by Crippen LogP contribution is -2.23. The number of phenolic OH excluding ortho intramolecular Hbond substituents is 1. The standard InChI is InChI=1S/C20H29NO3/c1-19(2,3)15-11-14(12-16(17(15)22)20(4,5)6)18(23)24-13-21-9-7-8-10-21/h7,9,11-12,22H,8,10,13H2,1-6H3. The van der Waals surface area contributed by atoms with Gasteiger partial charge < -0.3 is 14.7 Å². The fraction of sp³-hybridized carbons (Fsp3) is 0.550. The van der Waals surface area contributed by atoms with Crippen LogP contribution < -0.4 is 0 Å². The van der Waals surface area contributed by atoms with Crippen LogP contribution in [0.5, 0.6) is 5.75 Å². The molecule has 0 spiro atoms. The van der Waals surface area contributed by atoms with Crippen LogP contribution in [0, 0.1) is 0 Å². The number of rotatable bonds is 3. The number of nitrogens with zero attached hydrogens (tertiary/aromatic N) is 1. The summed E-state index contributed by atoms with van der Waals surface area (Å²) >= 11 is 0. The van der Waals surface area contributed by atoms with E-state index in [1.54, 1.807) is 12.1 Å². The summed E-state index contributed by atoms with van der Waals surface area (Å²) in [5.41, 5.74) is 1.49. The van der Waals surface area contributed by atoms with Gasteiger partial charge in [-0.25, -0.2) is 4.79 Å². The molecule has 1 aromatic carbocycles. The van der Waals surface area contributed by atoms with Crippen LogP contribution in [0.25, 0.3) is 0 Å². The molecule has 1 aliphatic rings. The van der Waals surface area contributed by atoms with Gasteiger partial charge in [-0.1, -0.05) is 47.6 Å². The SMILES string of the molecule is CC(C)(C)c1cc(C(=O)OCN2C=CCC2)cc(C(C)(C)C)c1O. The summed E-state index contributed by atoms with van der Waals surface area (Å²) in [6.07, 6.45) is 4.99. The molecule has 0 saturated carbocycles. The van der Waals surface area contributed by atoms with Crippen molar-refractivity contribution in [1.29, 1.82) is 0 Å². The van der Waals surface area contributed by atoms with Gasteiger partial charge in [0.25, 0.3) is 0 Å². The van der Waals surface area contributed by atoms with Crippen LogP contribution in [0.2, 0.25) is 0 Å². The maximum atomic E-state index is 12.5. The molecule has 0 amide bonds. The fourth-order valence-electron chi connectivity index (χ4n) is 2.77. The summed E-state index contributed by atoms with van der Waals surface area (Å²) in [6, 6.07) is 3.51. The van der Waals surface area contributed by atoms with Crippen molar-refractivity contribution in [3.8, 4) is 5.75 Å². The minimum atomic E-state index is -0.355. The Morgan fingerprint density at radius 2 is 1.67 bits per heavy atom. The molecule has 1 N–H and O–H groups in total. The number of phenols is 1.